The van der Waals surface area contributed by atoms with E-state index in [1.165, 1.54) is 0 Å². The van der Waals surface area contributed by atoms with Crippen molar-refractivity contribution in [1.82, 2.24) is 0 Å². The molecule has 8 nitrogen and oxygen atoms in total. The first-order chi connectivity index (χ1) is 7.36. The molecular formula is C8H23ClN2O6. The average molecular weight is 279 g/mol. The van der Waals surface area contributed by atoms with Crippen LogP contribution in [0, 0.1) is 0 Å². The molecule has 0 rings (SSSR count). The highest BCUT2D eigenvalue weighted by Gasteiger charge is 2.21. The van der Waals surface area contributed by atoms with Crippen LogP contribution >= 0.6 is 12.4 Å². The summed E-state index contributed by atoms with van der Waals surface area (Å²) in [6.45, 7) is -2.42. The second-order valence-electron chi connectivity index (χ2n) is 3.67. The van der Waals surface area contributed by atoms with Gasteiger partial charge in [0.05, 0.1) is 50.7 Å². The van der Waals surface area contributed by atoms with E-state index < -0.39 is 50.7 Å². The lowest BCUT2D eigenvalue weighted by molar-refractivity contribution is 0.0695. The van der Waals surface area contributed by atoms with Gasteiger partial charge in [-0.05, 0) is 0 Å². The first kappa shape index (κ1) is 22.2. The molecule has 0 fully saturated rings. The van der Waals surface area contributed by atoms with Crippen molar-refractivity contribution < 1.29 is 30.6 Å². The summed E-state index contributed by atoms with van der Waals surface area (Å²) < 4.78 is 0. The van der Waals surface area contributed by atoms with Crippen LogP contribution in [0.1, 0.15) is 0 Å². The number of halogens is 1. The van der Waals surface area contributed by atoms with Crippen molar-refractivity contribution in [3.05, 3.63) is 0 Å². The third-order valence-electron chi connectivity index (χ3n) is 1.89. The summed E-state index contributed by atoms with van der Waals surface area (Å²) in [4.78, 5) is 0. The summed E-state index contributed by atoms with van der Waals surface area (Å²) in [5.41, 5.74) is 7.88. The molecule has 0 spiro atoms. The zero-order chi connectivity index (χ0) is 13.2. The Bertz CT molecular complexity index is 132. The predicted molar refractivity (Wildman–Crippen MR) is 63.6 cm³/mol. The van der Waals surface area contributed by atoms with Crippen molar-refractivity contribution in [1.29, 1.82) is 0 Å². The normalized spacial score (nSPS) is 11.3. The number of nitrogens with two attached hydrogens (primary N) is 2. The summed E-state index contributed by atoms with van der Waals surface area (Å²) >= 11 is 0. The molecule has 0 aliphatic heterocycles. The van der Waals surface area contributed by atoms with E-state index in [9.17, 15) is 0 Å². The highest BCUT2D eigenvalue weighted by molar-refractivity contribution is 5.85. The molecule has 108 valence electrons. The second kappa shape index (κ2) is 11.1. The molecule has 0 aromatic heterocycles. The summed E-state index contributed by atoms with van der Waals surface area (Å²) in [6.07, 6.45) is 0. The molecule has 0 bridgehead atoms. The van der Waals surface area contributed by atoms with Crippen molar-refractivity contribution in [3.8, 4) is 0 Å². The molecule has 0 aliphatic carbocycles. The molecule has 0 heterocycles. The third-order valence-corrected chi connectivity index (χ3v) is 1.89. The quantitative estimate of drug-likeness (QED) is 0.241. The van der Waals surface area contributed by atoms with Crippen molar-refractivity contribution in [2.75, 3.05) is 39.6 Å². The van der Waals surface area contributed by atoms with Crippen LogP contribution in [-0.4, -0.2) is 81.4 Å². The van der Waals surface area contributed by atoms with E-state index in [1.807, 2.05) is 0 Å². The van der Waals surface area contributed by atoms with E-state index in [1.54, 1.807) is 0 Å². The molecule has 0 atom stereocenters. The van der Waals surface area contributed by atoms with Crippen LogP contribution in [0.3, 0.4) is 0 Å². The van der Waals surface area contributed by atoms with Crippen LogP contribution in [-0.2, 0) is 0 Å². The predicted octanol–water partition coefficient (Wildman–Crippen LogP) is -4.26. The van der Waals surface area contributed by atoms with Crippen LogP contribution in [0.2, 0.25) is 0 Å². The van der Waals surface area contributed by atoms with Crippen molar-refractivity contribution in [2.24, 2.45) is 11.5 Å². The number of aliphatic hydroxyl groups is 6. The van der Waals surface area contributed by atoms with Crippen LogP contribution < -0.4 is 11.5 Å². The minimum Gasteiger partial charge on any atom is -0.394 e. The fourth-order valence-corrected chi connectivity index (χ4v) is 0.300. The fraction of sp³-hybridized carbons (Fsp3) is 1.00. The van der Waals surface area contributed by atoms with Gasteiger partial charge in [0.25, 0.3) is 0 Å². The van der Waals surface area contributed by atoms with E-state index in [2.05, 4.69) is 0 Å². The molecule has 0 saturated carbocycles. The lowest BCUT2D eigenvalue weighted by atomic mass is 10.1. The topological polar surface area (TPSA) is 173 Å². The van der Waals surface area contributed by atoms with Crippen LogP contribution in [0.4, 0.5) is 0 Å². The van der Waals surface area contributed by atoms with Gasteiger partial charge in [-0.2, -0.15) is 0 Å². The minimum atomic E-state index is -1.21. The summed E-state index contributed by atoms with van der Waals surface area (Å²) in [5, 5.41) is 50.0. The molecule has 17 heavy (non-hydrogen) atoms. The van der Waals surface area contributed by atoms with Crippen molar-refractivity contribution in [3.63, 3.8) is 0 Å². The SMILES string of the molecule is Cl.NC(CO)(CO)CO.NC(CO)(CO)CO. The van der Waals surface area contributed by atoms with E-state index in [-0.39, 0.29) is 12.4 Å². The Hall–Kier alpha value is -0.0300. The van der Waals surface area contributed by atoms with E-state index in [0.717, 1.165) is 0 Å². The zero-order valence-electron chi connectivity index (χ0n) is 9.49. The standard InChI is InChI=1S/2C4H11NO3.ClH/c2*5-4(1-6,2-7)3-8;/h2*6-8H,1-3,5H2;1H. The Labute approximate surface area is 106 Å². The van der Waals surface area contributed by atoms with E-state index >= 15 is 0 Å². The van der Waals surface area contributed by atoms with Gasteiger partial charge in [-0.25, -0.2) is 0 Å². The van der Waals surface area contributed by atoms with Gasteiger partial charge in [0, 0.05) is 0 Å². The summed E-state index contributed by atoms with van der Waals surface area (Å²) in [7, 11) is 0. The van der Waals surface area contributed by atoms with Crippen LogP contribution in [0.5, 0.6) is 0 Å². The number of hydrogen-bond donors (Lipinski definition) is 8. The molecule has 0 aliphatic rings. The van der Waals surface area contributed by atoms with E-state index in [0.29, 0.717) is 0 Å². The second-order valence-corrected chi connectivity index (χ2v) is 3.67. The molecule has 0 aromatic carbocycles. The summed E-state index contributed by atoms with van der Waals surface area (Å²) in [6, 6.07) is 0. The maximum atomic E-state index is 8.34. The van der Waals surface area contributed by atoms with Gasteiger partial charge >= 0.3 is 0 Å². The molecule has 9 heteroatoms. The Morgan fingerprint density at radius 1 is 0.529 bits per heavy atom. The lowest BCUT2D eigenvalue weighted by Crippen LogP contribution is -2.50. The smallest absolute Gasteiger partial charge is 0.0856 e. The average Bonchev–Trinajstić information content (AvgIpc) is 2.37. The van der Waals surface area contributed by atoms with Gasteiger partial charge in [-0.1, -0.05) is 0 Å². The number of aliphatic hydroxyl groups excluding tert-OH is 6. The fourth-order valence-electron chi connectivity index (χ4n) is 0.300. The zero-order valence-corrected chi connectivity index (χ0v) is 10.3. The molecule has 0 aromatic rings. The molecule has 10 N–H and O–H groups in total. The van der Waals surface area contributed by atoms with E-state index in [4.69, 9.17) is 42.1 Å². The van der Waals surface area contributed by atoms with Gasteiger partial charge in [-0.3, -0.25) is 0 Å². The Morgan fingerprint density at radius 3 is 0.647 bits per heavy atom. The Morgan fingerprint density at radius 2 is 0.647 bits per heavy atom. The highest BCUT2D eigenvalue weighted by Crippen LogP contribution is 1.93. The van der Waals surface area contributed by atoms with Gasteiger partial charge in [0.15, 0.2) is 0 Å². The molecule has 0 amide bonds. The maximum absolute atomic E-state index is 8.34. The lowest BCUT2D eigenvalue weighted by Gasteiger charge is -2.20. The number of rotatable bonds is 6. The molecule has 0 radical (unpaired) electrons. The van der Waals surface area contributed by atoms with Crippen molar-refractivity contribution >= 4 is 12.4 Å². The van der Waals surface area contributed by atoms with Crippen LogP contribution in [0.15, 0.2) is 0 Å². The van der Waals surface area contributed by atoms with Gasteiger partial charge in [-0.15, -0.1) is 12.4 Å². The monoisotopic (exact) mass is 278 g/mol. The number of hydrogen-bond acceptors (Lipinski definition) is 8. The Balaban J connectivity index is -0.000000218. The third kappa shape index (κ3) is 9.65. The van der Waals surface area contributed by atoms with Gasteiger partial charge in [0.1, 0.15) is 0 Å². The maximum Gasteiger partial charge on any atom is 0.0856 e. The molecular weight excluding hydrogens is 256 g/mol. The largest absolute Gasteiger partial charge is 0.394 e. The van der Waals surface area contributed by atoms with Crippen LogP contribution in [0.25, 0.3) is 0 Å². The van der Waals surface area contributed by atoms with Gasteiger partial charge in [0.2, 0.25) is 0 Å². The highest BCUT2D eigenvalue weighted by atomic mass is 35.5. The first-order valence-corrected chi connectivity index (χ1v) is 4.60. The Kier molecular flexibility index (Phi) is 14.5. The van der Waals surface area contributed by atoms with Gasteiger partial charge < -0.3 is 42.1 Å². The molecule has 0 unspecified atom stereocenters. The summed E-state index contributed by atoms with van der Waals surface area (Å²) in [5.74, 6) is 0. The first-order valence-electron chi connectivity index (χ1n) is 4.60. The van der Waals surface area contributed by atoms with Crippen molar-refractivity contribution in [2.45, 2.75) is 11.1 Å². The minimum absolute atomic E-state index is 0. The molecule has 0 saturated heterocycles.